The molecule has 0 aromatic heterocycles. The van der Waals surface area contributed by atoms with Gasteiger partial charge >= 0.3 is 0 Å². The van der Waals surface area contributed by atoms with Crippen LogP contribution in [0.4, 0.5) is 0 Å². The second-order valence-electron chi connectivity index (χ2n) is 3.91. The maximum Gasteiger partial charge on any atom is 0.271 e. The number of rotatable bonds is 3. The van der Waals surface area contributed by atoms with Crippen LogP contribution >= 0.6 is 27.5 Å². The van der Waals surface area contributed by atoms with Gasteiger partial charge in [0, 0.05) is 15.6 Å². The van der Waals surface area contributed by atoms with Crippen LogP contribution in [0.5, 0.6) is 5.75 Å². The quantitative estimate of drug-likeness (QED) is 0.654. The average molecular weight is 354 g/mol. The van der Waals surface area contributed by atoms with E-state index >= 15 is 0 Å². The van der Waals surface area contributed by atoms with Crippen molar-refractivity contribution in [3.63, 3.8) is 0 Å². The Morgan fingerprint density at radius 1 is 1.25 bits per heavy atom. The first-order valence-corrected chi connectivity index (χ1v) is 6.81. The summed E-state index contributed by atoms with van der Waals surface area (Å²) in [6, 6.07) is 11.2. The van der Waals surface area contributed by atoms with Crippen molar-refractivity contribution >= 4 is 39.7 Å². The fraction of sp³-hybridized carbons (Fsp3) is 0. The van der Waals surface area contributed by atoms with E-state index in [2.05, 4.69) is 26.5 Å². The van der Waals surface area contributed by atoms with Gasteiger partial charge in [-0.2, -0.15) is 5.10 Å². The summed E-state index contributed by atoms with van der Waals surface area (Å²) in [5, 5.41) is 13.5. The van der Waals surface area contributed by atoms with E-state index in [1.807, 2.05) is 6.07 Å². The van der Waals surface area contributed by atoms with Crippen molar-refractivity contribution in [2.24, 2.45) is 5.10 Å². The van der Waals surface area contributed by atoms with Gasteiger partial charge in [0.15, 0.2) is 0 Å². The highest BCUT2D eigenvalue weighted by Crippen LogP contribution is 2.19. The molecule has 0 bridgehead atoms. The second-order valence-corrected chi connectivity index (χ2v) is 5.23. The first-order valence-electron chi connectivity index (χ1n) is 5.64. The maximum atomic E-state index is 11.7. The largest absolute Gasteiger partial charge is 0.508 e. The first kappa shape index (κ1) is 14.6. The summed E-state index contributed by atoms with van der Waals surface area (Å²) in [5.41, 5.74) is 3.49. The summed E-state index contributed by atoms with van der Waals surface area (Å²) in [6.45, 7) is 0. The van der Waals surface area contributed by atoms with Gasteiger partial charge in [0.25, 0.3) is 5.91 Å². The SMILES string of the molecule is O=C(N/N=C/c1ccc(Br)cc1Cl)c1ccc(O)cc1. The van der Waals surface area contributed by atoms with E-state index in [0.29, 0.717) is 16.1 Å². The Morgan fingerprint density at radius 2 is 1.95 bits per heavy atom. The number of carbonyl (C=O) groups excluding carboxylic acids is 1. The second kappa shape index (κ2) is 6.54. The van der Waals surface area contributed by atoms with Crippen molar-refractivity contribution < 1.29 is 9.90 Å². The zero-order valence-electron chi connectivity index (χ0n) is 10.2. The normalized spacial score (nSPS) is 10.7. The van der Waals surface area contributed by atoms with Crippen LogP contribution in [-0.4, -0.2) is 17.2 Å². The highest BCUT2D eigenvalue weighted by atomic mass is 79.9. The molecule has 1 amide bonds. The Morgan fingerprint density at radius 3 is 2.60 bits per heavy atom. The van der Waals surface area contributed by atoms with Gasteiger partial charge < -0.3 is 5.11 Å². The minimum absolute atomic E-state index is 0.103. The number of halogens is 2. The Bertz CT molecular complexity index is 657. The molecule has 0 aliphatic rings. The number of hydrogen-bond donors (Lipinski definition) is 2. The Hall–Kier alpha value is -1.85. The van der Waals surface area contributed by atoms with E-state index < -0.39 is 0 Å². The molecule has 0 fully saturated rings. The number of phenolic OH excluding ortho intramolecular Hbond substituents is 1. The number of amides is 1. The lowest BCUT2D eigenvalue weighted by molar-refractivity contribution is 0.0955. The van der Waals surface area contributed by atoms with Gasteiger partial charge in [0.2, 0.25) is 0 Å². The zero-order chi connectivity index (χ0) is 14.5. The van der Waals surface area contributed by atoms with E-state index in [4.69, 9.17) is 16.7 Å². The van der Waals surface area contributed by atoms with Crippen LogP contribution in [0.15, 0.2) is 52.0 Å². The molecule has 2 rings (SSSR count). The third-order valence-electron chi connectivity index (χ3n) is 2.46. The number of nitrogens with zero attached hydrogens (tertiary/aromatic N) is 1. The van der Waals surface area contributed by atoms with Gasteiger partial charge in [-0.25, -0.2) is 5.43 Å². The molecule has 0 heterocycles. The van der Waals surface area contributed by atoms with Crippen molar-refractivity contribution in [2.75, 3.05) is 0 Å². The minimum Gasteiger partial charge on any atom is -0.508 e. The summed E-state index contributed by atoms with van der Waals surface area (Å²) in [4.78, 5) is 11.7. The van der Waals surface area contributed by atoms with E-state index in [1.54, 1.807) is 12.1 Å². The zero-order valence-corrected chi connectivity index (χ0v) is 12.5. The van der Waals surface area contributed by atoms with Crippen LogP contribution in [0.2, 0.25) is 5.02 Å². The molecular formula is C14H10BrClN2O2. The van der Waals surface area contributed by atoms with Gasteiger partial charge in [-0.15, -0.1) is 0 Å². The Balaban J connectivity index is 2.02. The van der Waals surface area contributed by atoms with E-state index in [0.717, 1.165) is 4.47 Å². The lowest BCUT2D eigenvalue weighted by Gasteiger charge is -2.01. The Kier molecular flexibility index (Phi) is 4.76. The first-order chi connectivity index (χ1) is 9.56. The Labute approximate surface area is 129 Å². The van der Waals surface area contributed by atoms with Crippen LogP contribution in [0, 0.1) is 0 Å². The molecule has 2 aromatic carbocycles. The van der Waals surface area contributed by atoms with Crippen molar-refractivity contribution in [3.05, 3.63) is 63.1 Å². The molecular weight excluding hydrogens is 344 g/mol. The standard InChI is InChI=1S/C14H10BrClN2O2/c15-11-4-1-10(13(16)7-11)8-17-18-14(20)9-2-5-12(19)6-3-9/h1-8,19H,(H,18,20)/b17-8+. The molecule has 20 heavy (non-hydrogen) atoms. The fourth-order valence-corrected chi connectivity index (χ4v) is 2.17. The number of benzene rings is 2. The molecule has 0 radical (unpaired) electrons. The average Bonchev–Trinajstić information content (AvgIpc) is 2.42. The highest BCUT2D eigenvalue weighted by molar-refractivity contribution is 9.10. The predicted octanol–water partition coefficient (Wildman–Crippen LogP) is 3.57. The van der Waals surface area contributed by atoms with Crippen LogP contribution in [0.25, 0.3) is 0 Å². The molecule has 0 unspecified atom stereocenters. The molecule has 6 heteroatoms. The number of aromatic hydroxyl groups is 1. The smallest absolute Gasteiger partial charge is 0.271 e. The topological polar surface area (TPSA) is 61.7 Å². The summed E-state index contributed by atoms with van der Waals surface area (Å²) in [6.07, 6.45) is 1.47. The third-order valence-corrected chi connectivity index (χ3v) is 3.28. The summed E-state index contributed by atoms with van der Waals surface area (Å²) >= 11 is 9.32. The van der Waals surface area contributed by atoms with E-state index in [1.165, 1.54) is 30.5 Å². The number of nitrogens with one attached hydrogen (secondary N) is 1. The molecule has 0 aliphatic heterocycles. The van der Waals surface area contributed by atoms with E-state index in [9.17, 15) is 4.79 Å². The van der Waals surface area contributed by atoms with Crippen molar-refractivity contribution in [1.82, 2.24) is 5.43 Å². The molecule has 4 nitrogen and oxygen atoms in total. The minimum atomic E-state index is -0.366. The van der Waals surface area contributed by atoms with Gasteiger partial charge in [0.05, 0.1) is 11.2 Å². The number of carbonyl (C=O) groups is 1. The summed E-state index contributed by atoms with van der Waals surface area (Å²) in [7, 11) is 0. The van der Waals surface area contributed by atoms with Gasteiger partial charge in [-0.05, 0) is 36.4 Å². The van der Waals surface area contributed by atoms with Crippen LogP contribution in [0.3, 0.4) is 0 Å². The van der Waals surface area contributed by atoms with Gasteiger partial charge in [-0.3, -0.25) is 4.79 Å². The molecule has 102 valence electrons. The van der Waals surface area contributed by atoms with Crippen molar-refractivity contribution in [1.29, 1.82) is 0 Å². The molecule has 0 aliphatic carbocycles. The maximum absolute atomic E-state index is 11.7. The molecule has 0 spiro atoms. The highest BCUT2D eigenvalue weighted by Gasteiger charge is 2.03. The van der Waals surface area contributed by atoms with Crippen molar-refractivity contribution in [3.8, 4) is 5.75 Å². The van der Waals surface area contributed by atoms with Gasteiger partial charge in [0.1, 0.15) is 5.75 Å². The summed E-state index contributed by atoms with van der Waals surface area (Å²) in [5.74, 6) is -0.263. The molecule has 0 atom stereocenters. The van der Waals surface area contributed by atoms with Gasteiger partial charge in [-0.1, -0.05) is 33.6 Å². The number of hydrogen-bond acceptors (Lipinski definition) is 3. The molecule has 2 N–H and O–H groups in total. The molecule has 0 saturated carbocycles. The predicted molar refractivity (Wildman–Crippen MR) is 82.3 cm³/mol. The van der Waals surface area contributed by atoms with Crippen LogP contribution in [-0.2, 0) is 0 Å². The lowest BCUT2D eigenvalue weighted by atomic mass is 10.2. The third kappa shape index (κ3) is 3.82. The number of hydrazone groups is 1. The van der Waals surface area contributed by atoms with Crippen LogP contribution in [0.1, 0.15) is 15.9 Å². The number of phenols is 1. The monoisotopic (exact) mass is 352 g/mol. The fourth-order valence-electron chi connectivity index (χ4n) is 1.44. The van der Waals surface area contributed by atoms with Crippen molar-refractivity contribution in [2.45, 2.75) is 0 Å². The lowest BCUT2D eigenvalue weighted by Crippen LogP contribution is -2.17. The van der Waals surface area contributed by atoms with E-state index in [-0.39, 0.29) is 11.7 Å². The van der Waals surface area contributed by atoms with Crippen LogP contribution < -0.4 is 5.43 Å². The summed E-state index contributed by atoms with van der Waals surface area (Å²) < 4.78 is 0.868. The molecule has 2 aromatic rings. The molecule has 0 saturated heterocycles.